The molecule has 0 saturated carbocycles. The van der Waals surface area contributed by atoms with Gasteiger partial charge >= 0.3 is 0 Å². The molecule has 94 valence electrons. The van der Waals surface area contributed by atoms with Crippen LogP contribution in [0.2, 0.25) is 0 Å². The lowest BCUT2D eigenvalue weighted by molar-refractivity contribution is 0.301. The van der Waals surface area contributed by atoms with Gasteiger partial charge < -0.3 is 4.74 Å². The minimum atomic E-state index is 0.468. The predicted molar refractivity (Wildman–Crippen MR) is 79.2 cm³/mol. The second-order valence-corrected chi connectivity index (χ2v) is 5.30. The van der Waals surface area contributed by atoms with Gasteiger partial charge in [-0.3, -0.25) is 0 Å². The van der Waals surface area contributed by atoms with E-state index in [-0.39, 0.29) is 0 Å². The van der Waals surface area contributed by atoms with Crippen LogP contribution in [0.1, 0.15) is 16.7 Å². The van der Waals surface area contributed by atoms with Crippen LogP contribution in [-0.2, 0) is 12.5 Å². The molecule has 0 saturated heterocycles. The van der Waals surface area contributed by atoms with Crippen LogP contribution in [0.5, 0.6) is 5.75 Å². The highest BCUT2D eigenvalue weighted by Gasteiger charge is 2.06. The van der Waals surface area contributed by atoms with Crippen molar-refractivity contribution >= 4 is 27.5 Å². The first-order valence-corrected chi connectivity index (χ1v) is 7.05. The summed E-state index contributed by atoms with van der Waals surface area (Å²) < 4.78 is 6.96. The van der Waals surface area contributed by atoms with Crippen LogP contribution >= 0.6 is 27.5 Å². The fraction of sp³-hybridized carbons (Fsp3) is 0.200. The van der Waals surface area contributed by atoms with Gasteiger partial charge in [-0.15, -0.1) is 11.6 Å². The standard InChI is InChI=1S/C15H14BrClO/c1-11-4-2-6-13(9-17)15(11)18-10-12-5-3-7-14(16)8-12/h2-8H,9-10H2,1H3. The molecule has 0 aliphatic rings. The molecule has 0 aliphatic heterocycles. The van der Waals surface area contributed by atoms with E-state index < -0.39 is 0 Å². The van der Waals surface area contributed by atoms with Crippen molar-refractivity contribution in [3.63, 3.8) is 0 Å². The Morgan fingerprint density at radius 3 is 2.67 bits per heavy atom. The summed E-state index contributed by atoms with van der Waals surface area (Å²) in [5.74, 6) is 1.36. The third-order valence-corrected chi connectivity index (χ3v) is 3.49. The van der Waals surface area contributed by atoms with Crippen molar-refractivity contribution < 1.29 is 4.74 Å². The minimum Gasteiger partial charge on any atom is -0.488 e. The Morgan fingerprint density at radius 1 is 1.17 bits per heavy atom. The molecule has 0 amide bonds. The third kappa shape index (κ3) is 3.27. The fourth-order valence-electron chi connectivity index (χ4n) is 1.81. The maximum atomic E-state index is 5.92. The Kier molecular flexibility index (Phi) is 4.67. The SMILES string of the molecule is Cc1cccc(CCl)c1OCc1cccc(Br)c1. The van der Waals surface area contributed by atoms with Crippen molar-refractivity contribution in [2.75, 3.05) is 0 Å². The number of hydrogen-bond donors (Lipinski definition) is 0. The van der Waals surface area contributed by atoms with Crippen LogP contribution in [-0.4, -0.2) is 0 Å². The largest absolute Gasteiger partial charge is 0.488 e. The molecule has 0 unspecified atom stereocenters. The smallest absolute Gasteiger partial charge is 0.127 e. The normalized spacial score (nSPS) is 10.4. The van der Waals surface area contributed by atoms with E-state index in [1.807, 2.05) is 43.3 Å². The van der Waals surface area contributed by atoms with E-state index in [2.05, 4.69) is 22.0 Å². The Labute approximate surface area is 121 Å². The molecule has 0 fully saturated rings. The Morgan fingerprint density at radius 2 is 1.94 bits per heavy atom. The summed E-state index contributed by atoms with van der Waals surface area (Å²) >= 11 is 9.38. The van der Waals surface area contributed by atoms with Crippen molar-refractivity contribution in [1.29, 1.82) is 0 Å². The van der Waals surface area contributed by atoms with Crippen LogP contribution in [0, 0.1) is 6.92 Å². The molecular weight excluding hydrogens is 312 g/mol. The zero-order valence-corrected chi connectivity index (χ0v) is 12.5. The number of halogens is 2. The molecule has 2 aromatic rings. The summed E-state index contributed by atoms with van der Waals surface area (Å²) in [6, 6.07) is 14.1. The topological polar surface area (TPSA) is 9.23 Å². The molecule has 3 heteroatoms. The molecule has 1 nitrogen and oxygen atoms in total. The summed E-state index contributed by atoms with van der Waals surface area (Å²) in [5.41, 5.74) is 3.28. The molecule has 0 heterocycles. The van der Waals surface area contributed by atoms with Gasteiger partial charge in [-0.2, -0.15) is 0 Å². The molecule has 0 aliphatic carbocycles. The lowest BCUT2D eigenvalue weighted by Gasteiger charge is -2.13. The van der Waals surface area contributed by atoms with Gasteiger partial charge in [0.05, 0.1) is 5.88 Å². The van der Waals surface area contributed by atoms with E-state index in [4.69, 9.17) is 16.3 Å². The van der Waals surface area contributed by atoms with Crippen LogP contribution in [0.4, 0.5) is 0 Å². The van der Waals surface area contributed by atoms with Crippen molar-refractivity contribution in [2.24, 2.45) is 0 Å². The van der Waals surface area contributed by atoms with Crippen molar-refractivity contribution in [2.45, 2.75) is 19.4 Å². The average molecular weight is 326 g/mol. The monoisotopic (exact) mass is 324 g/mol. The average Bonchev–Trinajstić information content (AvgIpc) is 2.37. The second kappa shape index (κ2) is 6.26. The lowest BCUT2D eigenvalue weighted by atomic mass is 10.1. The van der Waals surface area contributed by atoms with E-state index >= 15 is 0 Å². The number of para-hydroxylation sites is 1. The highest BCUT2D eigenvalue weighted by Crippen LogP contribution is 2.26. The summed E-state index contributed by atoms with van der Waals surface area (Å²) in [7, 11) is 0. The van der Waals surface area contributed by atoms with Crippen molar-refractivity contribution in [1.82, 2.24) is 0 Å². The Balaban J connectivity index is 2.15. The fourth-order valence-corrected chi connectivity index (χ4v) is 2.46. The highest BCUT2D eigenvalue weighted by atomic mass is 79.9. The van der Waals surface area contributed by atoms with Gasteiger partial charge in [0.25, 0.3) is 0 Å². The predicted octanol–water partition coefficient (Wildman–Crippen LogP) is 5.08. The maximum absolute atomic E-state index is 5.92. The van der Waals surface area contributed by atoms with Gasteiger partial charge in [0, 0.05) is 10.0 Å². The summed E-state index contributed by atoms with van der Waals surface area (Å²) in [4.78, 5) is 0. The molecule has 0 atom stereocenters. The van der Waals surface area contributed by atoms with Gasteiger partial charge in [-0.05, 0) is 30.2 Å². The first-order chi connectivity index (χ1) is 8.70. The first kappa shape index (κ1) is 13.4. The van der Waals surface area contributed by atoms with Crippen LogP contribution in [0.3, 0.4) is 0 Å². The molecule has 0 bridgehead atoms. The molecule has 0 spiro atoms. The summed E-state index contributed by atoms with van der Waals surface area (Å²) in [5, 5.41) is 0. The molecule has 0 aromatic heterocycles. The zero-order valence-electron chi connectivity index (χ0n) is 10.1. The van der Waals surface area contributed by atoms with E-state index in [0.29, 0.717) is 12.5 Å². The number of benzene rings is 2. The molecule has 0 radical (unpaired) electrons. The van der Waals surface area contributed by atoms with Gasteiger partial charge in [0.1, 0.15) is 12.4 Å². The lowest BCUT2D eigenvalue weighted by Crippen LogP contribution is -1.99. The van der Waals surface area contributed by atoms with Gasteiger partial charge in [-0.25, -0.2) is 0 Å². The number of alkyl halides is 1. The minimum absolute atomic E-state index is 0.468. The van der Waals surface area contributed by atoms with E-state index in [1.165, 1.54) is 0 Å². The summed E-state index contributed by atoms with van der Waals surface area (Å²) in [6.45, 7) is 2.58. The van der Waals surface area contributed by atoms with E-state index in [0.717, 1.165) is 26.9 Å². The number of ether oxygens (including phenoxy) is 1. The van der Waals surface area contributed by atoms with Crippen LogP contribution in [0.25, 0.3) is 0 Å². The second-order valence-electron chi connectivity index (χ2n) is 4.12. The number of rotatable bonds is 4. The summed E-state index contributed by atoms with van der Waals surface area (Å²) in [6.07, 6.45) is 0. The molecule has 2 aromatic carbocycles. The van der Waals surface area contributed by atoms with E-state index in [9.17, 15) is 0 Å². The van der Waals surface area contributed by atoms with Gasteiger partial charge in [0.15, 0.2) is 0 Å². The Bertz CT molecular complexity index is 540. The number of aryl methyl sites for hydroxylation is 1. The molecular formula is C15H14BrClO. The van der Waals surface area contributed by atoms with Crippen molar-refractivity contribution in [3.05, 3.63) is 63.6 Å². The molecule has 0 N–H and O–H groups in total. The Hall–Kier alpha value is -0.990. The zero-order chi connectivity index (χ0) is 13.0. The quantitative estimate of drug-likeness (QED) is 0.713. The van der Waals surface area contributed by atoms with Crippen LogP contribution in [0.15, 0.2) is 46.9 Å². The van der Waals surface area contributed by atoms with Crippen molar-refractivity contribution in [3.8, 4) is 5.75 Å². The first-order valence-electron chi connectivity index (χ1n) is 5.72. The third-order valence-electron chi connectivity index (χ3n) is 2.71. The molecule has 2 rings (SSSR count). The maximum Gasteiger partial charge on any atom is 0.127 e. The molecule has 18 heavy (non-hydrogen) atoms. The van der Waals surface area contributed by atoms with Gasteiger partial charge in [-0.1, -0.05) is 46.3 Å². The van der Waals surface area contributed by atoms with Crippen LogP contribution < -0.4 is 4.74 Å². The highest BCUT2D eigenvalue weighted by molar-refractivity contribution is 9.10. The van der Waals surface area contributed by atoms with E-state index in [1.54, 1.807) is 0 Å². The van der Waals surface area contributed by atoms with Gasteiger partial charge in [0.2, 0.25) is 0 Å². The number of hydrogen-bond acceptors (Lipinski definition) is 1.